The number of likely N-dealkylation sites (N-methyl/N-ethyl adjacent to an activating group) is 1. The zero-order valence-corrected chi connectivity index (χ0v) is 13.5. The third-order valence-electron chi connectivity index (χ3n) is 4.08. The first kappa shape index (κ1) is 17.2. The minimum Gasteiger partial charge on any atom is -0.465 e. The lowest BCUT2D eigenvalue weighted by molar-refractivity contribution is 0.0404. The fraction of sp³-hybridized carbons (Fsp3) is 0.467. The standard InChI is InChI=1S/C15H19ClN4O3/c1-2-20(15(22)23)11-3-4-19(8-13(11)21)12-6-9(7-17)5-10(18)14(12)16/h5-6,11,13,21H,2-4,8,18H2,1H3,(H,22,23)/t11-,13-/m1/s1. The molecule has 0 spiro atoms. The quantitative estimate of drug-likeness (QED) is 0.723. The Morgan fingerprint density at radius 3 is 2.83 bits per heavy atom. The van der Waals surface area contributed by atoms with E-state index in [0.29, 0.717) is 41.5 Å². The van der Waals surface area contributed by atoms with E-state index in [1.165, 1.54) is 11.0 Å². The van der Waals surface area contributed by atoms with E-state index < -0.39 is 18.2 Å². The third kappa shape index (κ3) is 3.44. The first-order chi connectivity index (χ1) is 10.9. The molecule has 1 aliphatic heterocycles. The number of nitrogen functional groups attached to an aromatic ring is 1. The maximum absolute atomic E-state index is 11.2. The predicted molar refractivity (Wildman–Crippen MR) is 87.6 cm³/mol. The largest absolute Gasteiger partial charge is 0.465 e. The Hall–Kier alpha value is -2.17. The monoisotopic (exact) mass is 338 g/mol. The summed E-state index contributed by atoms with van der Waals surface area (Å²) in [6, 6.07) is 4.69. The number of nitrogens with two attached hydrogens (primary N) is 1. The lowest BCUT2D eigenvalue weighted by Gasteiger charge is -2.41. The van der Waals surface area contributed by atoms with Crippen molar-refractivity contribution in [2.75, 3.05) is 30.3 Å². The van der Waals surface area contributed by atoms with Crippen LogP contribution in [0.2, 0.25) is 5.02 Å². The first-order valence-electron chi connectivity index (χ1n) is 7.30. The van der Waals surface area contributed by atoms with E-state index in [1.807, 2.05) is 11.0 Å². The number of hydrogen-bond acceptors (Lipinski definition) is 5. The summed E-state index contributed by atoms with van der Waals surface area (Å²) >= 11 is 6.22. The second-order valence-corrected chi connectivity index (χ2v) is 5.83. The number of nitrogens with zero attached hydrogens (tertiary/aromatic N) is 3. The van der Waals surface area contributed by atoms with Crippen molar-refractivity contribution < 1.29 is 15.0 Å². The van der Waals surface area contributed by atoms with E-state index in [0.717, 1.165) is 0 Å². The number of rotatable bonds is 3. The van der Waals surface area contributed by atoms with Gasteiger partial charge in [-0.15, -0.1) is 0 Å². The number of β-amino-alcohol motifs (C(OH)–C–C–N with tert-alkyl or cyclic N) is 1. The molecule has 0 saturated carbocycles. The average Bonchev–Trinajstić information content (AvgIpc) is 2.51. The highest BCUT2D eigenvalue weighted by molar-refractivity contribution is 6.35. The molecule has 1 saturated heterocycles. The molecule has 8 heteroatoms. The van der Waals surface area contributed by atoms with Crippen LogP contribution in [0, 0.1) is 11.3 Å². The van der Waals surface area contributed by atoms with E-state index in [2.05, 4.69) is 0 Å². The van der Waals surface area contributed by atoms with Gasteiger partial charge in [0.2, 0.25) is 0 Å². The Balaban J connectivity index is 2.22. The molecule has 1 aliphatic rings. The van der Waals surface area contributed by atoms with E-state index in [-0.39, 0.29) is 6.54 Å². The third-order valence-corrected chi connectivity index (χ3v) is 4.50. The Bertz CT molecular complexity index is 646. The molecule has 1 fully saturated rings. The Morgan fingerprint density at radius 2 is 2.30 bits per heavy atom. The zero-order valence-electron chi connectivity index (χ0n) is 12.7. The molecule has 0 bridgehead atoms. The van der Waals surface area contributed by atoms with Crippen LogP contribution in [0.1, 0.15) is 18.9 Å². The fourth-order valence-corrected chi connectivity index (χ4v) is 3.17. The van der Waals surface area contributed by atoms with Crippen LogP contribution in [-0.4, -0.2) is 53.0 Å². The van der Waals surface area contributed by atoms with Crippen LogP contribution in [0.25, 0.3) is 0 Å². The highest BCUT2D eigenvalue weighted by Gasteiger charge is 2.34. The van der Waals surface area contributed by atoms with Crippen molar-refractivity contribution in [1.29, 1.82) is 5.26 Å². The Kier molecular flexibility index (Phi) is 5.19. The maximum atomic E-state index is 11.2. The highest BCUT2D eigenvalue weighted by atomic mass is 35.5. The molecule has 1 aromatic carbocycles. The second kappa shape index (κ2) is 6.94. The molecule has 124 valence electrons. The minimum atomic E-state index is -1.04. The van der Waals surface area contributed by atoms with Gasteiger partial charge in [-0.3, -0.25) is 0 Å². The number of piperidine rings is 1. The molecule has 2 rings (SSSR count). The van der Waals surface area contributed by atoms with Crippen molar-refractivity contribution in [2.24, 2.45) is 0 Å². The predicted octanol–water partition coefficient (Wildman–Crippen LogP) is 1.73. The molecule has 1 aromatic rings. The summed E-state index contributed by atoms with van der Waals surface area (Å²) in [4.78, 5) is 14.3. The molecule has 2 atom stereocenters. The molecular formula is C15H19ClN4O3. The molecule has 23 heavy (non-hydrogen) atoms. The second-order valence-electron chi connectivity index (χ2n) is 5.45. The van der Waals surface area contributed by atoms with Gasteiger partial charge in [0.05, 0.1) is 40.2 Å². The number of aliphatic hydroxyl groups is 1. The average molecular weight is 339 g/mol. The van der Waals surface area contributed by atoms with Gasteiger partial charge < -0.3 is 25.7 Å². The zero-order chi connectivity index (χ0) is 17.1. The van der Waals surface area contributed by atoms with Crippen LogP contribution in [0.4, 0.5) is 16.2 Å². The van der Waals surface area contributed by atoms with Crippen molar-refractivity contribution >= 4 is 29.1 Å². The van der Waals surface area contributed by atoms with Gasteiger partial charge in [0, 0.05) is 19.6 Å². The number of carbonyl (C=O) groups is 1. The lowest BCUT2D eigenvalue weighted by atomic mass is 9.99. The van der Waals surface area contributed by atoms with E-state index in [1.54, 1.807) is 13.0 Å². The van der Waals surface area contributed by atoms with Crippen LogP contribution in [0.3, 0.4) is 0 Å². The summed E-state index contributed by atoms with van der Waals surface area (Å²) < 4.78 is 0. The number of aliphatic hydroxyl groups excluding tert-OH is 1. The van der Waals surface area contributed by atoms with Crippen molar-refractivity contribution in [3.63, 3.8) is 0 Å². The van der Waals surface area contributed by atoms with Gasteiger partial charge in [-0.05, 0) is 25.5 Å². The van der Waals surface area contributed by atoms with Gasteiger partial charge in [0.15, 0.2) is 0 Å². The van der Waals surface area contributed by atoms with Crippen LogP contribution >= 0.6 is 11.6 Å². The normalized spacial score (nSPS) is 20.9. The fourth-order valence-electron chi connectivity index (χ4n) is 2.94. The Labute approximate surface area is 139 Å². The topological polar surface area (TPSA) is 114 Å². The van der Waals surface area contributed by atoms with Crippen LogP contribution in [-0.2, 0) is 0 Å². The van der Waals surface area contributed by atoms with Crippen LogP contribution in [0.15, 0.2) is 12.1 Å². The first-order valence-corrected chi connectivity index (χ1v) is 7.68. The van der Waals surface area contributed by atoms with Crippen LogP contribution in [0.5, 0.6) is 0 Å². The number of benzene rings is 1. The van der Waals surface area contributed by atoms with E-state index >= 15 is 0 Å². The maximum Gasteiger partial charge on any atom is 0.407 e. The molecule has 4 N–H and O–H groups in total. The van der Waals surface area contributed by atoms with Crippen molar-refractivity contribution in [1.82, 2.24) is 4.90 Å². The summed E-state index contributed by atoms with van der Waals surface area (Å²) in [5, 5.41) is 28.9. The van der Waals surface area contributed by atoms with Crippen molar-refractivity contribution in [3.8, 4) is 6.07 Å². The summed E-state index contributed by atoms with van der Waals surface area (Å²) in [7, 11) is 0. The van der Waals surface area contributed by atoms with Crippen molar-refractivity contribution in [3.05, 3.63) is 22.7 Å². The van der Waals surface area contributed by atoms with Gasteiger partial charge in [0.1, 0.15) is 0 Å². The van der Waals surface area contributed by atoms with Gasteiger partial charge >= 0.3 is 6.09 Å². The molecule has 0 unspecified atom stereocenters. The van der Waals surface area contributed by atoms with E-state index in [9.17, 15) is 15.0 Å². The summed E-state index contributed by atoms with van der Waals surface area (Å²) in [6.45, 7) is 2.79. The van der Waals surface area contributed by atoms with Gasteiger partial charge in [0.25, 0.3) is 0 Å². The van der Waals surface area contributed by atoms with Gasteiger partial charge in [-0.2, -0.15) is 5.26 Å². The van der Waals surface area contributed by atoms with Gasteiger partial charge in [-0.25, -0.2) is 4.79 Å². The van der Waals surface area contributed by atoms with Gasteiger partial charge in [-0.1, -0.05) is 11.6 Å². The lowest BCUT2D eigenvalue weighted by Crippen LogP contribution is -2.55. The van der Waals surface area contributed by atoms with Crippen LogP contribution < -0.4 is 10.6 Å². The summed E-state index contributed by atoms with van der Waals surface area (Å²) in [5.74, 6) is 0. The number of amides is 1. The molecule has 0 radical (unpaired) electrons. The summed E-state index contributed by atoms with van der Waals surface area (Å²) in [5.41, 5.74) is 7.09. The molecule has 7 nitrogen and oxygen atoms in total. The molecule has 1 heterocycles. The number of halogens is 1. The molecule has 1 amide bonds. The van der Waals surface area contributed by atoms with E-state index in [4.69, 9.17) is 22.6 Å². The highest BCUT2D eigenvalue weighted by Crippen LogP contribution is 2.34. The molecule has 0 aliphatic carbocycles. The number of carboxylic acid groups (broad SMARTS) is 1. The number of hydrogen-bond donors (Lipinski definition) is 3. The number of anilines is 2. The SMILES string of the molecule is CCN(C(=O)O)[C@@H]1CCN(c2cc(C#N)cc(N)c2Cl)C[C@H]1O. The van der Waals surface area contributed by atoms with Crippen molar-refractivity contribution in [2.45, 2.75) is 25.5 Å². The number of nitriles is 1. The minimum absolute atomic E-state index is 0.225. The molecular weight excluding hydrogens is 320 g/mol. The molecule has 0 aromatic heterocycles. The summed E-state index contributed by atoms with van der Waals surface area (Å²) in [6.07, 6.45) is -1.42. The Morgan fingerprint density at radius 1 is 1.61 bits per heavy atom. The smallest absolute Gasteiger partial charge is 0.407 e.